The van der Waals surface area contributed by atoms with Crippen molar-refractivity contribution in [1.82, 2.24) is 5.32 Å². The summed E-state index contributed by atoms with van der Waals surface area (Å²) in [5, 5.41) is 14.2. The predicted octanol–water partition coefficient (Wildman–Crippen LogP) is 2.02. The maximum absolute atomic E-state index is 13.3. The topological polar surface area (TPSA) is 64.9 Å². The molecule has 0 aromatic heterocycles. The number of hydrogen-bond acceptors (Lipinski definition) is 3. The van der Waals surface area contributed by atoms with Crippen molar-refractivity contribution in [3.05, 3.63) is 29.6 Å². The lowest BCUT2D eigenvalue weighted by Crippen LogP contribution is -2.37. The minimum atomic E-state index is -0.594. The van der Waals surface area contributed by atoms with E-state index < -0.39 is 11.9 Å². The Bertz CT molecular complexity index is 468. The molecule has 0 spiro atoms. The number of carbonyl (C=O) groups excluding carboxylic acids is 1. The molecule has 96 valence electrons. The minimum Gasteiger partial charge on any atom is -0.374 e. The molecule has 1 rings (SSSR count). The molecule has 2 N–H and O–H groups in total. The smallest absolute Gasteiger partial charge is 0.242 e. The molecule has 0 aliphatic carbocycles. The molecular formula is C13H16FN3O. The van der Waals surface area contributed by atoms with Gasteiger partial charge < -0.3 is 10.6 Å². The third kappa shape index (κ3) is 3.74. The van der Waals surface area contributed by atoms with Crippen molar-refractivity contribution in [2.45, 2.75) is 26.3 Å². The van der Waals surface area contributed by atoms with Gasteiger partial charge >= 0.3 is 0 Å². The summed E-state index contributed by atoms with van der Waals surface area (Å²) in [6, 6.07) is 5.46. The zero-order valence-electron chi connectivity index (χ0n) is 10.5. The van der Waals surface area contributed by atoms with Crippen LogP contribution in [0.4, 0.5) is 10.1 Å². The van der Waals surface area contributed by atoms with E-state index in [-0.39, 0.29) is 11.5 Å². The number of benzene rings is 1. The molecule has 0 bridgehead atoms. The second-order valence-corrected chi connectivity index (χ2v) is 3.96. The Hall–Kier alpha value is -2.09. The Balaban J connectivity index is 2.65. The number of carbonyl (C=O) groups is 1. The number of nitriles is 1. The van der Waals surface area contributed by atoms with Gasteiger partial charge in [0.05, 0.1) is 5.56 Å². The van der Waals surface area contributed by atoms with Crippen molar-refractivity contribution in [3.63, 3.8) is 0 Å². The number of nitrogens with zero attached hydrogens (tertiary/aromatic N) is 1. The van der Waals surface area contributed by atoms with Crippen LogP contribution in [0.1, 0.15) is 25.8 Å². The lowest BCUT2D eigenvalue weighted by atomic mass is 10.2. The van der Waals surface area contributed by atoms with Crippen molar-refractivity contribution in [1.29, 1.82) is 5.26 Å². The fourth-order valence-corrected chi connectivity index (χ4v) is 1.41. The molecule has 0 radical (unpaired) electrons. The number of amides is 1. The first-order valence-electron chi connectivity index (χ1n) is 5.82. The summed E-state index contributed by atoms with van der Waals surface area (Å²) in [5.41, 5.74) is 0.467. The number of nitrogens with one attached hydrogen (secondary N) is 2. The van der Waals surface area contributed by atoms with Crippen LogP contribution < -0.4 is 10.6 Å². The van der Waals surface area contributed by atoms with E-state index in [2.05, 4.69) is 10.6 Å². The molecule has 0 aliphatic heterocycles. The average Bonchev–Trinajstić information content (AvgIpc) is 2.36. The van der Waals surface area contributed by atoms with E-state index in [1.54, 1.807) is 19.1 Å². The van der Waals surface area contributed by atoms with Crippen LogP contribution in [0, 0.1) is 17.1 Å². The third-order valence-corrected chi connectivity index (χ3v) is 2.42. The molecule has 0 aliphatic rings. The highest BCUT2D eigenvalue weighted by molar-refractivity contribution is 5.84. The largest absolute Gasteiger partial charge is 0.374 e. The van der Waals surface area contributed by atoms with Crippen molar-refractivity contribution >= 4 is 11.6 Å². The Labute approximate surface area is 106 Å². The normalized spacial score (nSPS) is 11.4. The molecule has 4 nitrogen and oxygen atoms in total. The second-order valence-electron chi connectivity index (χ2n) is 3.96. The van der Waals surface area contributed by atoms with Crippen LogP contribution >= 0.6 is 0 Å². The second kappa shape index (κ2) is 6.60. The number of anilines is 1. The molecule has 18 heavy (non-hydrogen) atoms. The highest BCUT2D eigenvalue weighted by Gasteiger charge is 2.12. The van der Waals surface area contributed by atoms with Gasteiger partial charge in [-0.15, -0.1) is 0 Å². The van der Waals surface area contributed by atoms with E-state index in [0.29, 0.717) is 12.2 Å². The summed E-state index contributed by atoms with van der Waals surface area (Å²) in [5.74, 6) is -0.731. The molecule has 1 aromatic carbocycles. The summed E-state index contributed by atoms with van der Waals surface area (Å²) in [6.07, 6.45) is 0.865. The van der Waals surface area contributed by atoms with Crippen molar-refractivity contribution in [2.24, 2.45) is 0 Å². The molecule has 5 heteroatoms. The van der Waals surface area contributed by atoms with Crippen LogP contribution in [0.2, 0.25) is 0 Å². The van der Waals surface area contributed by atoms with Gasteiger partial charge in [0, 0.05) is 12.2 Å². The van der Waals surface area contributed by atoms with E-state index in [1.165, 1.54) is 12.1 Å². The average molecular weight is 249 g/mol. The maximum atomic E-state index is 13.3. The fourth-order valence-electron chi connectivity index (χ4n) is 1.41. The Morgan fingerprint density at radius 1 is 1.56 bits per heavy atom. The van der Waals surface area contributed by atoms with Crippen LogP contribution in [-0.2, 0) is 4.79 Å². The molecule has 0 fully saturated rings. The maximum Gasteiger partial charge on any atom is 0.242 e. The van der Waals surface area contributed by atoms with Crippen LogP contribution in [0.15, 0.2) is 18.2 Å². The molecule has 0 saturated carbocycles. The van der Waals surface area contributed by atoms with Gasteiger partial charge in [0.1, 0.15) is 17.9 Å². The van der Waals surface area contributed by atoms with E-state index in [1.807, 2.05) is 6.92 Å². The summed E-state index contributed by atoms with van der Waals surface area (Å²) < 4.78 is 13.3. The van der Waals surface area contributed by atoms with Gasteiger partial charge in [0.15, 0.2) is 0 Å². The summed E-state index contributed by atoms with van der Waals surface area (Å²) >= 11 is 0. The SMILES string of the molecule is CCCNC(=O)C(C)Nc1ccc(C#N)c(F)c1. The van der Waals surface area contributed by atoms with Crippen molar-refractivity contribution in [3.8, 4) is 6.07 Å². The van der Waals surface area contributed by atoms with Gasteiger partial charge in [-0.05, 0) is 31.5 Å². The van der Waals surface area contributed by atoms with Crippen LogP contribution in [0.5, 0.6) is 0 Å². The lowest BCUT2D eigenvalue weighted by Gasteiger charge is -2.15. The van der Waals surface area contributed by atoms with Gasteiger partial charge in [0.2, 0.25) is 5.91 Å². The summed E-state index contributed by atoms with van der Waals surface area (Å²) in [6.45, 7) is 4.28. The van der Waals surface area contributed by atoms with Crippen LogP contribution in [0.25, 0.3) is 0 Å². The lowest BCUT2D eigenvalue weighted by molar-refractivity contribution is -0.121. The van der Waals surface area contributed by atoms with E-state index >= 15 is 0 Å². The highest BCUT2D eigenvalue weighted by Crippen LogP contribution is 2.14. The van der Waals surface area contributed by atoms with Gasteiger partial charge in [-0.25, -0.2) is 4.39 Å². The highest BCUT2D eigenvalue weighted by atomic mass is 19.1. The molecular weight excluding hydrogens is 233 g/mol. The first-order valence-corrected chi connectivity index (χ1v) is 5.82. The van der Waals surface area contributed by atoms with Gasteiger partial charge in [-0.3, -0.25) is 4.79 Å². The first-order chi connectivity index (χ1) is 8.58. The van der Waals surface area contributed by atoms with E-state index in [4.69, 9.17) is 5.26 Å². The molecule has 1 amide bonds. The third-order valence-electron chi connectivity index (χ3n) is 2.42. The van der Waals surface area contributed by atoms with Crippen LogP contribution in [0.3, 0.4) is 0 Å². The zero-order valence-corrected chi connectivity index (χ0v) is 10.5. The van der Waals surface area contributed by atoms with E-state index in [0.717, 1.165) is 6.42 Å². The number of halogens is 1. The Morgan fingerprint density at radius 2 is 2.28 bits per heavy atom. The molecule has 1 atom stereocenters. The summed E-state index contributed by atoms with van der Waals surface area (Å²) in [7, 11) is 0. The molecule has 1 aromatic rings. The number of hydrogen-bond donors (Lipinski definition) is 2. The first kappa shape index (κ1) is 14.0. The van der Waals surface area contributed by atoms with Crippen molar-refractivity contribution < 1.29 is 9.18 Å². The quantitative estimate of drug-likeness (QED) is 0.839. The standard InChI is InChI=1S/C13H16FN3O/c1-3-6-16-13(18)9(2)17-11-5-4-10(8-15)12(14)7-11/h4-5,7,9,17H,3,6H2,1-2H3,(H,16,18). The predicted molar refractivity (Wildman–Crippen MR) is 67.5 cm³/mol. The summed E-state index contributed by atoms with van der Waals surface area (Å²) in [4.78, 5) is 11.6. The zero-order chi connectivity index (χ0) is 13.5. The van der Waals surface area contributed by atoms with Crippen molar-refractivity contribution in [2.75, 3.05) is 11.9 Å². The molecule has 1 unspecified atom stereocenters. The minimum absolute atomic E-state index is 0.0105. The molecule has 0 heterocycles. The Morgan fingerprint density at radius 3 is 2.83 bits per heavy atom. The fraction of sp³-hybridized carbons (Fsp3) is 0.385. The van der Waals surface area contributed by atoms with Gasteiger partial charge in [-0.2, -0.15) is 5.26 Å². The number of rotatable bonds is 5. The van der Waals surface area contributed by atoms with Crippen LogP contribution in [-0.4, -0.2) is 18.5 Å². The Kier molecular flexibility index (Phi) is 5.12. The van der Waals surface area contributed by atoms with Gasteiger partial charge in [0.25, 0.3) is 0 Å². The van der Waals surface area contributed by atoms with Gasteiger partial charge in [-0.1, -0.05) is 6.92 Å². The van der Waals surface area contributed by atoms with E-state index in [9.17, 15) is 9.18 Å². The monoisotopic (exact) mass is 249 g/mol. The molecule has 0 saturated heterocycles.